The molecule has 0 saturated carbocycles. The molecule has 0 spiro atoms. The monoisotopic (exact) mass is 499 g/mol. The van der Waals surface area contributed by atoms with Gasteiger partial charge in [-0.2, -0.15) is 52.3 Å². The highest BCUT2D eigenvalue weighted by Gasteiger charge is 2.88. The molecule has 0 amide bonds. The molecule has 0 aromatic heterocycles. The fourth-order valence-electron chi connectivity index (χ4n) is 1.81. The molecule has 31 heavy (non-hydrogen) atoms. The van der Waals surface area contributed by atoms with E-state index in [0.29, 0.717) is 0 Å². The average Bonchev–Trinajstić information content (AvgIpc) is 2.61. The number of unbranched alkanes of at least 4 members (excludes halogenated alkanes) is 2. The zero-order chi connectivity index (χ0) is 25.4. The minimum Gasteiger partial charge on any atom is -0.310 e. The van der Waals surface area contributed by atoms with Crippen molar-refractivity contribution in [3.63, 3.8) is 0 Å². The van der Waals surface area contributed by atoms with Crippen LogP contribution in [0.3, 0.4) is 0 Å². The third kappa shape index (κ3) is 7.07. The molecule has 186 valence electrons. The van der Waals surface area contributed by atoms with Crippen molar-refractivity contribution in [1.82, 2.24) is 5.32 Å². The van der Waals surface area contributed by atoms with E-state index >= 15 is 0 Å². The molecule has 0 radical (unpaired) electrons. The third-order valence-electron chi connectivity index (χ3n) is 3.61. The van der Waals surface area contributed by atoms with Gasteiger partial charge in [-0.15, -0.1) is 13.2 Å². The second kappa shape index (κ2) is 11.5. The minimum atomic E-state index is -7.52. The molecule has 0 saturated heterocycles. The molecular formula is C16H23F10NO3S. The fourth-order valence-corrected chi connectivity index (χ4v) is 2.27. The van der Waals surface area contributed by atoms with Crippen LogP contribution in [0.2, 0.25) is 0 Å². The lowest BCUT2D eigenvalue weighted by Gasteiger charge is -2.38. The van der Waals surface area contributed by atoms with E-state index in [4.69, 9.17) is 4.55 Å². The molecular weight excluding hydrogens is 476 g/mol. The van der Waals surface area contributed by atoms with Crippen LogP contribution in [0.15, 0.2) is 25.3 Å². The van der Waals surface area contributed by atoms with Gasteiger partial charge in [0.2, 0.25) is 0 Å². The molecule has 0 unspecified atom stereocenters. The van der Waals surface area contributed by atoms with E-state index < -0.39 is 51.9 Å². The maximum absolute atomic E-state index is 13.2. The number of hydrogen-bond donors (Lipinski definition) is 2. The number of halogens is 10. The Morgan fingerprint density at radius 2 is 1.23 bits per heavy atom. The molecule has 0 aliphatic rings. The second-order valence-electron chi connectivity index (χ2n) is 6.11. The summed E-state index contributed by atoms with van der Waals surface area (Å²) < 4.78 is 159. The van der Waals surface area contributed by atoms with Gasteiger partial charge in [0.15, 0.2) is 0 Å². The van der Waals surface area contributed by atoms with Crippen molar-refractivity contribution < 1.29 is 56.9 Å². The molecule has 0 atom stereocenters. The SMILES string of the molecule is C=CCNCC=C.CCCCCC(F)(F)C(F)(F)C(F)(F)C(F)(F)C(F)(F)S(=O)(=O)O. The summed E-state index contributed by atoms with van der Waals surface area (Å²) in [5, 5.41) is -4.08. The highest BCUT2D eigenvalue weighted by molar-refractivity contribution is 7.87. The lowest BCUT2D eigenvalue weighted by Crippen LogP contribution is -2.68. The summed E-state index contributed by atoms with van der Waals surface area (Å²) in [6.45, 7) is 10.2. The molecule has 0 fully saturated rings. The summed E-state index contributed by atoms with van der Waals surface area (Å²) in [6, 6.07) is 0. The van der Waals surface area contributed by atoms with E-state index in [1.807, 2.05) is 12.2 Å². The largest absolute Gasteiger partial charge is 0.438 e. The topological polar surface area (TPSA) is 66.4 Å². The van der Waals surface area contributed by atoms with Crippen LogP contribution in [0.5, 0.6) is 0 Å². The predicted octanol–water partition coefficient (Wildman–Crippen LogP) is 5.54. The lowest BCUT2D eigenvalue weighted by atomic mass is 9.95. The van der Waals surface area contributed by atoms with Gasteiger partial charge in [-0.3, -0.25) is 4.55 Å². The highest BCUT2D eigenvalue weighted by atomic mass is 32.2. The second-order valence-corrected chi connectivity index (χ2v) is 7.58. The van der Waals surface area contributed by atoms with E-state index in [9.17, 15) is 52.3 Å². The summed E-state index contributed by atoms with van der Waals surface area (Å²) in [6.07, 6.45) is 0.795. The molecule has 0 bridgehead atoms. The first-order chi connectivity index (χ1) is 13.7. The summed E-state index contributed by atoms with van der Waals surface area (Å²) >= 11 is 0. The van der Waals surface area contributed by atoms with Crippen LogP contribution < -0.4 is 5.32 Å². The molecule has 0 aromatic rings. The van der Waals surface area contributed by atoms with Crippen LogP contribution in [-0.2, 0) is 10.1 Å². The number of alkyl halides is 10. The standard InChI is InChI=1S/C10H12F10O3S.C6H11N/c1-2-3-4-5-6(11,12)7(13,14)8(15,16)9(17,18)10(19,20)24(21,22)23;1-3-5-7-6-4-2/h2-5H2,1H3,(H,21,22,23);3-4,7H,1-2,5-6H2. The van der Waals surface area contributed by atoms with Gasteiger partial charge >= 0.3 is 39.1 Å². The van der Waals surface area contributed by atoms with Gasteiger partial charge in [-0.05, 0) is 6.42 Å². The van der Waals surface area contributed by atoms with E-state index in [2.05, 4.69) is 18.5 Å². The van der Waals surface area contributed by atoms with E-state index in [1.165, 1.54) is 6.92 Å². The molecule has 15 heteroatoms. The molecule has 0 heterocycles. The van der Waals surface area contributed by atoms with E-state index in [0.717, 1.165) is 13.1 Å². The van der Waals surface area contributed by atoms with Crippen molar-refractivity contribution >= 4 is 10.1 Å². The quantitative estimate of drug-likeness (QED) is 0.151. The number of rotatable bonds is 13. The van der Waals surface area contributed by atoms with Gasteiger partial charge in [0.25, 0.3) is 0 Å². The fraction of sp³-hybridized carbons (Fsp3) is 0.750. The van der Waals surface area contributed by atoms with E-state index in [-0.39, 0.29) is 12.8 Å². The summed E-state index contributed by atoms with van der Waals surface area (Å²) in [7, 11) is -7.31. The molecule has 4 nitrogen and oxygen atoms in total. The van der Waals surface area contributed by atoms with Crippen molar-refractivity contribution in [3.8, 4) is 0 Å². The van der Waals surface area contributed by atoms with Crippen LogP contribution in [-0.4, -0.2) is 55.0 Å². The average molecular weight is 499 g/mol. The predicted molar refractivity (Wildman–Crippen MR) is 93.7 cm³/mol. The van der Waals surface area contributed by atoms with Gasteiger partial charge in [-0.25, -0.2) is 0 Å². The maximum atomic E-state index is 13.2. The van der Waals surface area contributed by atoms with Crippen molar-refractivity contribution in [2.75, 3.05) is 13.1 Å². The zero-order valence-corrected chi connectivity index (χ0v) is 17.1. The van der Waals surface area contributed by atoms with Crippen LogP contribution in [0.1, 0.15) is 32.6 Å². The maximum Gasteiger partial charge on any atom is 0.438 e. The van der Waals surface area contributed by atoms with Crippen LogP contribution >= 0.6 is 0 Å². The Bertz CT molecular complexity index is 673. The van der Waals surface area contributed by atoms with Gasteiger partial charge in [0, 0.05) is 19.5 Å². The van der Waals surface area contributed by atoms with Crippen LogP contribution in [0.25, 0.3) is 0 Å². The van der Waals surface area contributed by atoms with Gasteiger partial charge in [0.1, 0.15) is 0 Å². The number of hydrogen-bond acceptors (Lipinski definition) is 3. The Morgan fingerprint density at radius 3 is 1.55 bits per heavy atom. The Hall–Kier alpha value is -1.35. The first-order valence-electron chi connectivity index (χ1n) is 8.51. The first-order valence-corrected chi connectivity index (χ1v) is 9.95. The first kappa shape index (κ1) is 31.8. The smallest absolute Gasteiger partial charge is 0.310 e. The lowest BCUT2D eigenvalue weighted by molar-refractivity contribution is -0.390. The normalized spacial score (nSPS) is 13.9. The molecule has 0 aliphatic carbocycles. The van der Waals surface area contributed by atoms with Crippen molar-refractivity contribution in [1.29, 1.82) is 0 Å². The Kier molecular flexibility index (Phi) is 11.8. The van der Waals surface area contributed by atoms with Crippen molar-refractivity contribution in [3.05, 3.63) is 25.3 Å². The molecule has 0 aliphatic heterocycles. The summed E-state index contributed by atoms with van der Waals surface area (Å²) in [5.74, 6) is -27.9. The molecule has 0 rings (SSSR count). The van der Waals surface area contributed by atoms with E-state index in [1.54, 1.807) is 0 Å². The van der Waals surface area contributed by atoms with Crippen molar-refractivity contribution in [2.24, 2.45) is 0 Å². The Balaban J connectivity index is 0. The van der Waals surface area contributed by atoms with Gasteiger partial charge in [-0.1, -0.05) is 31.9 Å². The zero-order valence-electron chi connectivity index (χ0n) is 16.3. The highest BCUT2D eigenvalue weighted by Crippen LogP contribution is 2.58. The minimum absolute atomic E-state index is 0.162. The number of nitrogens with one attached hydrogen (secondary N) is 1. The molecule has 2 N–H and O–H groups in total. The summed E-state index contributed by atoms with van der Waals surface area (Å²) in [4.78, 5) is 0. The molecule has 0 aromatic carbocycles. The van der Waals surface area contributed by atoms with Gasteiger partial charge < -0.3 is 5.32 Å². The third-order valence-corrected chi connectivity index (χ3v) is 4.51. The van der Waals surface area contributed by atoms with Crippen molar-refractivity contribution in [2.45, 2.75) is 61.6 Å². The van der Waals surface area contributed by atoms with Gasteiger partial charge in [0.05, 0.1) is 0 Å². The Labute approximate surface area is 173 Å². The summed E-state index contributed by atoms with van der Waals surface area (Å²) in [5.41, 5.74) is 0. The van der Waals surface area contributed by atoms with Crippen LogP contribution in [0, 0.1) is 0 Å². The Morgan fingerprint density at radius 1 is 0.806 bits per heavy atom. The van der Waals surface area contributed by atoms with Crippen LogP contribution in [0.4, 0.5) is 43.9 Å².